The van der Waals surface area contributed by atoms with E-state index in [4.69, 9.17) is 9.52 Å². The summed E-state index contributed by atoms with van der Waals surface area (Å²) >= 11 is 0. The van der Waals surface area contributed by atoms with Gasteiger partial charge in [-0.1, -0.05) is 12.1 Å². The van der Waals surface area contributed by atoms with Gasteiger partial charge in [0, 0.05) is 42.3 Å². The van der Waals surface area contributed by atoms with Crippen molar-refractivity contribution in [3.05, 3.63) is 66.7 Å². The van der Waals surface area contributed by atoms with E-state index in [0.717, 1.165) is 55.5 Å². The van der Waals surface area contributed by atoms with Crippen molar-refractivity contribution in [2.45, 2.75) is 6.92 Å². The minimum atomic E-state index is 0.611. The molecule has 162 valence electrons. The number of oxazole rings is 1. The molecule has 0 amide bonds. The summed E-state index contributed by atoms with van der Waals surface area (Å²) in [7, 11) is 3.79. The first-order valence-corrected chi connectivity index (χ1v) is 10.6. The highest BCUT2D eigenvalue weighted by Crippen LogP contribution is 2.37. The summed E-state index contributed by atoms with van der Waals surface area (Å²) in [6.45, 7) is 2.12. The van der Waals surface area contributed by atoms with Crippen LogP contribution in [0.5, 0.6) is 0 Å². The molecule has 8 heteroatoms. The van der Waals surface area contributed by atoms with E-state index in [2.05, 4.69) is 56.8 Å². The van der Waals surface area contributed by atoms with Crippen molar-refractivity contribution < 1.29 is 4.42 Å². The molecule has 0 aliphatic carbocycles. The van der Waals surface area contributed by atoms with Gasteiger partial charge in [-0.2, -0.15) is 5.10 Å². The summed E-state index contributed by atoms with van der Waals surface area (Å²) < 4.78 is 7.28. The zero-order valence-electron chi connectivity index (χ0n) is 18.4. The first kappa shape index (κ1) is 19.2. The molecule has 0 aliphatic heterocycles. The molecule has 0 saturated carbocycles. The van der Waals surface area contributed by atoms with Crippen molar-refractivity contribution in [1.82, 2.24) is 24.7 Å². The van der Waals surface area contributed by atoms with E-state index in [0.29, 0.717) is 5.95 Å². The van der Waals surface area contributed by atoms with Crippen molar-refractivity contribution >= 4 is 50.4 Å². The Bertz CT molecular complexity index is 1660. The molecule has 0 aliphatic rings. The largest absolute Gasteiger partial charge is 0.443 e. The molecule has 0 spiro atoms. The SMILES string of the molecule is CNc1ncc2cc(-c3c(C)ccc4c(Nc5ccc6ocnc6c5)nn(C)c34)ccc2n1. The Hall–Kier alpha value is -4.46. The average Bonchev–Trinajstić information content (AvgIpc) is 3.42. The smallest absolute Gasteiger partial charge is 0.222 e. The molecule has 0 radical (unpaired) electrons. The van der Waals surface area contributed by atoms with Crippen LogP contribution < -0.4 is 10.6 Å². The van der Waals surface area contributed by atoms with E-state index >= 15 is 0 Å². The molecule has 8 nitrogen and oxygen atoms in total. The number of hydrogen-bond donors (Lipinski definition) is 2. The highest BCUT2D eigenvalue weighted by Gasteiger charge is 2.17. The highest BCUT2D eigenvalue weighted by atomic mass is 16.3. The second kappa shape index (κ2) is 7.30. The third-order valence-corrected chi connectivity index (χ3v) is 5.90. The van der Waals surface area contributed by atoms with Crippen LogP contribution in [0, 0.1) is 6.92 Å². The van der Waals surface area contributed by atoms with Crippen LogP contribution in [-0.4, -0.2) is 31.8 Å². The van der Waals surface area contributed by atoms with Crippen molar-refractivity contribution in [3.63, 3.8) is 0 Å². The zero-order chi connectivity index (χ0) is 22.5. The van der Waals surface area contributed by atoms with Crippen LogP contribution in [0.25, 0.3) is 44.0 Å². The molecule has 6 aromatic rings. The summed E-state index contributed by atoms with van der Waals surface area (Å²) in [6.07, 6.45) is 3.30. The fraction of sp³-hybridized carbons (Fsp3) is 0.120. The summed E-state index contributed by atoms with van der Waals surface area (Å²) in [5, 5.41) is 13.3. The van der Waals surface area contributed by atoms with Crippen molar-refractivity contribution in [2.24, 2.45) is 7.05 Å². The van der Waals surface area contributed by atoms with E-state index < -0.39 is 0 Å². The van der Waals surface area contributed by atoms with Gasteiger partial charge in [0.2, 0.25) is 5.95 Å². The maximum Gasteiger partial charge on any atom is 0.222 e. The predicted molar refractivity (Wildman–Crippen MR) is 131 cm³/mol. The quantitative estimate of drug-likeness (QED) is 0.382. The maximum atomic E-state index is 5.35. The number of rotatable bonds is 4. The number of aryl methyl sites for hydroxylation is 2. The van der Waals surface area contributed by atoms with E-state index in [1.165, 1.54) is 12.0 Å². The van der Waals surface area contributed by atoms with Crippen LogP contribution in [0.15, 0.2) is 65.5 Å². The first-order valence-electron chi connectivity index (χ1n) is 10.6. The van der Waals surface area contributed by atoms with E-state index in [9.17, 15) is 0 Å². The van der Waals surface area contributed by atoms with Crippen LogP contribution in [0.3, 0.4) is 0 Å². The number of nitrogens with zero attached hydrogens (tertiary/aromatic N) is 5. The number of hydrogen-bond acceptors (Lipinski definition) is 7. The summed E-state index contributed by atoms with van der Waals surface area (Å²) in [5.74, 6) is 1.40. The summed E-state index contributed by atoms with van der Waals surface area (Å²) in [6, 6.07) is 16.3. The number of nitrogens with one attached hydrogen (secondary N) is 2. The molecule has 0 fully saturated rings. The molecule has 0 bridgehead atoms. The third-order valence-electron chi connectivity index (χ3n) is 5.90. The fourth-order valence-corrected chi connectivity index (χ4v) is 4.31. The molecular formula is C25H21N7O. The molecule has 3 aromatic carbocycles. The predicted octanol–water partition coefficient (Wildman–Crippen LogP) is 5.42. The Morgan fingerprint density at radius 1 is 0.970 bits per heavy atom. The number of benzene rings is 3. The van der Waals surface area contributed by atoms with Crippen LogP contribution >= 0.6 is 0 Å². The molecular weight excluding hydrogens is 414 g/mol. The maximum absolute atomic E-state index is 5.35. The Balaban J connectivity index is 1.48. The van der Waals surface area contributed by atoms with Gasteiger partial charge in [-0.3, -0.25) is 4.68 Å². The lowest BCUT2D eigenvalue weighted by Crippen LogP contribution is -1.97. The van der Waals surface area contributed by atoms with Crippen molar-refractivity contribution in [2.75, 3.05) is 17.7 Å². The lowest BCUT2D eigenvalue weighted by molar-refractivity contribution is 0.602. The van der Waals surface area contributed by atoms with Crippen LogP contribution in [-0.2, 0) is 7.05 Å². The zero-order valence-corrected chi connectivity index (χ0v) is 18.4. The van der Waals surface area contributed by atoms with E-state index in [-0.39, 0.29) is 0 Å². The first-order chi connectivity index (χ1) is 16.1. The second-order valence-corrected chi connectivity index (χ2v) is 8.00. The monoisotopic (exact) mass is 435 g/mol. The fourth-order valence-electron chi connectivity index (χ4n) is 4.31. The summed E-state index contributed by atoms with van der Waals surface area (Å²) in [5.41, 5.74) is 7.84. The minimum Gasteiger partial charge on any atom is -0.443 e. The van der Waals surface area contributed by atoms with Gasteiger partial charge < -0.3 is 15.1 Å². The number of fused-ring (bicyclic) bond motifs is 3. The number of aromatic nitrogens is 5. The molecule has 3 aromatic heterocycles. The second-order valence-electron chi connectivity index (χ2n) is 8.00. The molecule has 0 unspecified atom stereocenters. The van der Waals surface area contributed by atoms with Gasteiger partial charge in [0.25, 0.3) is 0 Å². The van der Waals surface area contributed by atoms with E-state index in [1.54, 1.807) is 0 Å². The van der Waals surface area contributed by atoms with Crippen LogP contribution in [0.2, 0.25) is 0 Å². The Labute approximate surface area is 189 Å². The van der Waals surface area contributed by atoms with E-state index in [1.807, 2.05) is 49.2 Å². The van der Waals surface area contributed by atoms with Crippen molar-refractivity contribution in [3.8, 4) is 11.1 Å². The topological polar surface area (TPSA) is 93.7 Å². The standard InChI is InChI=1S/C25H21N7O/c1-14-4-7-18-23(22(14)15-5-8-19-16(10-15)12-27-25(26-2)30-19)32(3)31-24(18)29-17-6-9-21-20(11-17)28-13-33-21/h4-13H,1-3H3,(H,29,31)(H,26,27,30). The highest BCUT2D eigenvalue weighted by molar-refractivity contribution is 6.03. The molecule has 3 heterocycles. The van der Waals surface area contributed by atoms with Crippen LogP contribution in [0.4, 0.5) is 17.5 Å². The Morgan fingerprint density at radius 2 is 1.88 bits per heavy atom. The van der Waals surface area contributed by atoms with Gasteiger partial charge in [0.05, 0.1) is 11.0 Å². The van der Waals surface area contributed by atoms with Gasteiger partial charge >= 0.3 is 0 Å². The molecule has 2 N–H and O–H groups in total. The summed E-state index contributed by atoms with van der Waals surface area (Å²) in [4.78, 5) is 13.2. The number of anilines is 3. The van der Waals surface area contributed by atoms with Crippen molar-refractivity contribution in [1.29, 1.82) is 0 Å². The van der Waals surface area contributed by atoms with Gasteiger partial charge in [-0.25, -0.2) is 15.0 Å². The minimum absolute atomic E-state index is 0.611. The third kappa shape index (κ3) is 3.15. The molecule has 0 atom stereocenters. The molecule has 0 saturated heterocycles. The lowest BCUT2D eigenvalue weighted by atomic mass is 9.96. The van der Waals surface area contributed by atoms with Crippen LogP contribution in [0.1, 0.15) is 5.56 Å². The molecule has 6 rings (SSSR count). The molecule has 33 heavy (non-hydrogen) atoms. The Kier molecular flexibility index (Phi) is 4.26. The Morgan fingerprint density at radius 3 is 2.76 bits per heavy atom. The average molecular weight is 435 g/mol. The van der Waals surface area contributed by atoms with Gasteiger partial charge in [0.1, 0.15) is 5.52 Å². The van der Waals surface area contributed by atoms with Gasteiger partial charge in [-0.15, -0.1) is 0 Å². The van der Waals surface area contributed by atoms with Gasteiger partial charge in [0.15, 0.2) is 17.8 Å². The lowest BCUT2D eigenvalue weighted by Gasteiger charge is -2.11. The normalized spacial score (nSPS) is 11.5. The van der Waals surface area contributed by atoms with Gasteiger partial charge in [-0.05, 0) is 54.4 Å².